The van der Waals surface area contributed by atoms with Crippen molar-refractivity contribution >= 4 is 21.6 Å². The average molecular weight is 419 g/mol. The Balaban J connectivity index is 1.87. The summed E-state index contributed by atoms with van der Waals surface area (Å²) in [5, 5.41) is 2.86. The van der Waals surface area contributed by atoms with Gasteiger partial charge in [0.1, 0.15) is 10.6 Å². The highest BCUT2D eigenvalue weighted by atomic mass is 32.2. The number of benzene rings is 2. The molecule has 1 amide bonds. The fourth-order valence-electron chi connectivity index (χ4n) is 3.37. The van der Waals surface area contributed by atoms with Crippen LogP contribution in [0.1, 0.15) is 24.8 Å². The molecule has 2 aromatic carbocycles. The molecule has 0 bridgehead atoms. The van der Waals surface area contributed by atoms with Crippen LogP contribution in [0.15, 0.2) is 53.4 Å². The number of carbonyl (C=O) groups is 1. The number of anilines is 1. The molecule has 1 heterocycles. The molecule has 0 saturated carbocycles. The number of amides is 1. The minimum absolute atomic E-state index is 0.0347. The molecular weight excluding hydrogens is 392 g/mol. The SMILES string of the molecule is CC[C@H](C(=O)Nc1ccc(OC)c(S(=O)(=O)N2CCOCC2)c1)c1ccccc1. The van der Waals surface area contributed by atoms with E-state index in [1.165, 1.54) is 17.5 Å². The van der Waals surface area contributed by atoms with Gasteiger partial charge >= 0.3 is 0 Å². The van der Waals surface area contributed by atoms with E-state index in [0.717, 1.165) is 5.56 Å². The molecule has 0 spiro atoms. The Morgan fingerprint density at radius 2 is 1.86 bits per heavy atom. The van der Waals surface area contributed by atoms with E-state index in [1.807, 2.05) is 37.3 Å². The van der Waals surface area contributed by atoms with Gasteiger partial charge in [-0.1, -0.05) is 37.3 Å². The minimum atomic E-state index is -3.76. The third kappa shape index (κ3) is 4.77. The molecule has 7 nitrogen and oxygen atoms in total. The zero-order valence-corrected chi connectivity index (χ0v) is 17.4. The van der Waals surface area contributed by atoms with Gasteiger partial charge in [-0.15, -0.1) is 0 Å². The number of morpholine rings is 1. The van der Waals surface area contributed by atoms with Crippen LogP contribution < -0.4 is 10.1 Å². The number of ether oxygens (including phenoxy) is 2. The number of hydrogen-bond acceptors (Lipinski definition) is 5. The highest BCUT2D eigenvalue weighted by molar-refractivity contribution is 7.89. The van der Waals surface area contributed by atoms with Crippen LogP contribution in [0.4, 0.5) is 5.69 Å². The molecule has 0 aliphatic carbocycles. The van der Waals surface area contributed by atoms with E-state index < -0.39 is 10.0 Å². The number of hydrogen-bond donors (Lipinski definition) is 1. The summed E-state index contributed by atoms with van der Waals surface area (Å²) in [4.78, 5) is 12.9. The highest BCUT2D eigenvalue weighted by Gasteiger charge is 2.30. The van der Waals surface area contributed by atoms with E-state index in [1.54, 1.807) is 12.1 Å². The van der Waals surface area contributed by atoms with Gasteiger partial charge in [0.25, 0.3) is 0 Å². The lowest BCUT2D eigenvalue weighted by atomic mass is 9.95. The summed E-state index contributed by atoms with van der Waals surface area (Å²) >= 11 is 0. The molecule has 8 heteroatoms. The number of sulfonamides is 1. The first kappa shape index (κ1) is 21.3. The van der Waals surface area contributed by atoms with Crippen molar-refractivity contribution < 1.29 is 22.7 Å². The average Bonchev–Trinajstić information content (AvgIpc) is 2.75. The van der Waals surface area contributed by atoms with Crippen LogP contribution in [0.25, 0.3) is 0 Å². The van der Waals surface area contributed by atoms with Crippen LogP contribution in [0.5, 0.6) is 5.75 Å². The zero-order valence-electron chi connectivity index (χ0n) is 16.6. The van der Waals surface area contributed by atoms with Gasteiger partial charge in [-0.05, 0) is 30.2 Å². The fraction of sp³-hybridized carbons (Fsp3) is 0.381. The maximum absolute atomic E-state index is 13.1. The number of nitrogens with zero attached hydrogens (tertiary/aromatic N) is 1. The number of methoxy groups -OCH3 is 1. The maximum atomic E-state index is 13.1. The van der Waals surface area contributed by atoms with Crippen molar-refractivity contribution in [2.75, 3.05) is 38.7 Å². The summed E-state index contributed by atoms with van der Waals surface area (Å²) in [7, 11) is -2.34. The van der Waals surface area contributed by atoms with Crippen molar-refractivity contribution in [1.29, 1.82) is 0 Å². The molecule has 1 saturated heterocycles. The zero-order chi connectivity index (χ0) is 20.9. The van der Waals surface area contributed by atoms with E-state index in [-0.39, 0.29) is 35.6 Å². The molecule has 0 unspecified atom stereocenters. The van der Waals surface area contributed by atoms with E-state index in [4.69, 9.17) is 9.47 Å². The molecule has 1 N–H and O–H groups in total. The number of rotatable bonds is 7. The summed E-state index contributed by atoms with van der Waals surface area (Å²) in [6, 6.07) is 14.2. The Morgan fingerprint density at radius 3 is 2.48 bits per heavy atom. The van der Waals surface area contributed by atoms with Crippen LogP contribution in [0.3, 0.4) is 0 Å². The maximum Gasteiger partial charge on any atom is 0.246 e. The summed E-state index contributed by atoms with van der Waals surface area (Å²) in [6.07, 6.45) is 0.630. The molecule has 1 aliphatic heterocycles. The lowest BCUT2D eigenvalue weighted by Crippen LogP contribution is -2.40. The van der Waals surface area contributed by atoms with E-state index in [2.05, 4.69) is 5.32 Å². The van der Waals surface area contributed by atoms with Crippen LogP contribution >= 0.6 is 0 Å². The van der Waals surface area contributed by atoms with Crippen LogP contribution in [-0.2, 0) is 19.6 Å². The largest absolute Gasteiger partial charge is 0.495 e. The van der Waals surface area contributed by atoms with Gasteiger partial charge in [-0.3, -0.25) is 4.79 Å². The lowest BCUT2D eigenvalue weighted by molar-refractivity contribution is -0.117. The molecule has 1 fully saturated rings. The van der Waals surface area contributed by atoms with Gasteiger partial charge in [-0.2, -0.15) is 4.31 Å². The van der Waals surface area contributed by atoms with Crippen molar-refractivity contribution in [2.24, 2.45) is 0 Å². The molecule has 1 atom stereocenters. The van der Waals surface area contributed by atoms with Gasteiger partial charge < -0.3 is 14.8 Å². The molecule has 2 aromatic rings. The quantitative estimate of drug-likeness (QED) is 0.747. The fourth-order valence-corrected chi connectivity index (χ4v) is 4.96. The number of carbonyl (C=O) groups excluding carboxylic acids is 1. The van der Waals surface area contributed by atoms with E-state index in [0.29, 0.717) is 25.3 Å². The van der Waals surface area contributed by atoms with Crippen molar-refractivity contribution in [1.82, 2.24) is 4.31 Å². The van der Waals surface area contributed by atoms with Gasteiger partial charge in [-0.25, -0.2) is 8.42 Å². The smallest absolute Gasteiger partial charge is 0.246 e. The summed E-state index contributed by atoms with van der Waals surface area (Å²) in [6.45, 7) is 3.22. The Morgan fingerprint density at radius 1 is 1.17 bits per heavy atom. The second-order valence-corrected chi connectivity index (χ2v) is 8.65. The second-order valence-electron chi connectivity index (χ2n) is 6.74. The topological polar surface area (TPSA) is 84.9 Å². The molecule has 29 heavy (non-hydrogen) atoms. The normalized spacial score (nSPS) is 16.2. The Kier molecular flexibility index (Phi) is 6.89. The highest BCUT2D eigenvalue weighted by Crippen LogP contribution is 2.31. The first-order valence-electron chi connectivity index (χ1n) is 9.59. The van der Waals surface area contributed by atoms with Crippen molar-refractivity contribution in [3.63, 3.8) is 0 Å². The molecule has 1 aliphatic rings. The van der Waals surface area contributed by atoms with Gasteiger partial charge in [0.05, 0.1) is 26.2 Å². The molecule has 0 aromatic heterocycles. The molecular formula is C21H26N2O5S. The Hall–Kier alpha value is -2.42. The number of nitrogens with one attached hydrogen (secondary N) is 1. The first-order valence-corrected chi connectivity index (χ1v) is 11.0. The van der Waals surface area contributed by atoms with E-state index in [9.17, 15) is 13.2 Å². The third-order valence-electron chi connectivity index (χ3n) is 4.95. The predicted octanol–water partition coefficient (Wildman–Crippen LogP) is 2.85. The van der Waals surface area contributed by atoms with Crippen molar-refractivity contribution in [2.45, 2.75) is 24.2 Å². The van der Waals surface area contributed by atoms with Crippen LogP contribution in [-0.4, -0.2) is 52.0 Å². The third-order valence-corrected chi connectivity index (χ3v) is 6.87. The Labute approximate surface area is 171 Å². The van der Waals surface area contributed by atoms with Gasteiger partial charge in [0.2, 0.25) is 15.9 Å². The first-order chi connectivity index (χ1) is 14.0. The second kappa shape index (κ2) is 9.39. The predicted molar refractivity (Wildman–Crippen MR) is 111 cm³/mol. The summed E-state index contributed by atoms with van der Waals surface area (Å²) in [5.74, 6) is -0.263. The van der Waals surface area contributed by atoms with E-state index >= 15 is 0 Å². The summed E-state index contributed by atoms with van der Waals surface area (Å²) in [5.41, 5.74) is 1.33. The minimum Gasteiger partial charge on any atom is -0.495 e. The van der Waals surface area contributed by atoms with Crippen molar-refractivity contribution in [3.8, 4) is 5.75 Å². The molecule has 3 rings (SSSR count). The van der Waals surface area contributed by atoms with Gasteiger partial charge in [0.15, 0.2) is 0 Å². The summed E-state index contributed by atoms with van der Waals surface area (Å²) < 4.78 is 38.1. The monoisotopic (exact) mass is 418 g/mol. The molecule has 156 valence electrons. The van der Waals surface area contributed by atoms with Gasteiger partial charge in [0, 0.05) is 18.8 Å². The van der Waals surface area contributed by atoms with Crippen LogP contribution in [0, 0.1) is 0 Å². The molecule has 0 radical (unpaired) electrons. The Bertz CT molecular complexity index is 941. The van der Waals surface area contributed by atoms with Crippen LogP contribution in [0.2, 0.25) is 0 Å². The lowest BCUT2D eigenvalue weighted by Gasteiger charge is -2.27. The standard InChI is InChI=1S/C21H26N2O5S/c1-3-18(16-7-5-4-6-8-16)21(24)22-17-9-10-19(27-2)20(15-17)29(25,26)23-11-13-28-14-12-23/h4-10,15,18H,3,11-14H2,1-2H3,(H,22,24)/t18-/m0/s1. The van der Waals surface area contributed by atoms with Crippen molar-refractivity contribution in [3.05, 3.63) is 54.1 Å².